The fraction of sp³-hybridized carbons (Fsp3) is 1.00. The molecule has 0 aromatic carbocycles. The van der Waals surface area contributed by atoms with Gasteiger partial charge >= 0.3 is 0 Å². The van der Waals surface area contributed by atoms with Crippen molar-refractivity contribution in [3.05, 3.63) is 0 Å². The molecule has 0 spiro atoms. The van der Waals surface area contributed by atoms with Crippen molar-refractivity contribution in [3.63, 3.8) is 0 Å². The molecule has 0 heterocycles. The average Bonchev–Trinajstić information content (AvgIpc) is 2.30. The molecule has 6 nitrogen and oxygen atoms in total. The Hall–Kier alpha value is -0.240. The zero-order chi connectivity index (χ0) is 14.0. The van der Waals surface area contributed by atoms with Gasteiger partial charge in [0.25, 0.3) is 0 Å². The highest BCUT2D eigenvalue weighted by atomic mass is 16.3. The van der Waals surface area contributed by atoms with Gasteiger partial charge in [0, 0.05) is 26.2 Å². The zero-order valence-corrected chi connectivity index (χ0v) is 11.5. The third-order valence-corrected chi connectivity index (χ3v) is 2.87. The lowest BCUT2D eigenvalue weighted by atomic mass is 10.2. The molecule has 2 atom stereocenters. The lowest BCUT2D eigenvalue weighted by molar-refractivity contribution is -0.0105. The van der Waals surface area contributed by atoms with Gasteiger partial charge in [-0.25, -0.2) is 0 Å². The Labute approximate surface area is 109 Å². The number of nitrogens with zero attached hydrogens (tertiary/aromatic N) is 2. The van der Waals surface area contributed by atoms with E-state index in [0.29, 0.717) is 26.2 Å². The Morgan fingerprint density at radius 2 is 1.33 bits per heavy atom. The summed E-state index contributed by atoms with van der Waals surface area (Å²) in [5.41, 5.74) is 0. The van der Waals surface area contributed by atoms with Gasteiger partial charge in [-0.3, -0.25) is 9.80 Å². The maximum atomic E-state index is 9.49. The molecule has 0 saturated heterocycles. The molecule has 0 rings (SSSR count). The molecule has 4 N–H and O–H groups in total. The van der Waals surface area contributed by atoms with Crippen LogP contribution in [0.1, 0.15) is 20.3 Å². The summed E-state index contributed by atoms with van der Waals surface area (Å²) >= 11 is 0. The first-order chi connectivity index (χ1) is 8.60. The van der Waals surface area contributed by atoms with Gasteiger partial charge in [-0.05, 0) is 13.3 Å². The molecule has 18 heavy (non-hydrogen) atoms. The van der Waals surface area contributed by atoms with Crippen molar-refractivity contribution in [1.29, 1.82) is 0 Å². The molecule has 110 valence electrons. The lowest BCUT2D eigenvalue weighted by Crippen LogP contribution is -2.52. The van der Waals surface area contributed by atoms with Crippen LogP contribution in [0.15, 0.2) is 0 Å². The van der Waals surface area contributed by atoms with Crippen LogP contribution >= 0.6 is 0 Å². The third-order valence-electron chi connectivity index (χ3n) is 2.87. The van der Waals surface area contributed by atoms with Crippen LogP contribution in [0, 0.1) is 0 Å². The minimum absolute atomic E-state index is 0.00560. The fourth-order valence-electron chi connectivity index (χ4n) is 2.24. The summed E-state index contributed by atoms with van der Waals surface area (Å²) in [7, 11) is 0. The van der Waals surface area contributed by atoms with Crippen LogP contribution in [0.3, 0.4) is 0 Å². The van der Waals surface area contributed by atoms with Gasteiger partial charge in [0.2, 0.25) is 0 Å². The molecule has 0 aromatic heterocycles. The summed E-state index contributed by atoms with van der Waals surface area (Å²) < 4.78 is 0. The second-order valence-corrected chi connectivity index (χ2v) is 4.44. The van der Waals surface area contributed by atoms with Crippen LogP contribution in [0.25, 0.3) is 0 Å². The van der Waals surface area contributed by atoms with E-state index in [2.05, 4.69) is 0 Å². The Balaban J connectivity index is 4.69. The molecule has 0 fully saturated rings. The number of hydrogen-bond donors (Lipinski definition) is 4. The van der Waals surface area contributed by atoms with E-state index >= 15 is 0 Å². The molecule has 0 amide bonds. The molecule has 0 saturated carbocycles. The molecular weight excluding hydrogens is 236 g/mol. The number of aliphatic hydroxyl groups excluding tert-OH is 4. The largest absolute Gasteiger partial charge is 0.395 e. The van der Waals surface area contributed by atoms with Crippen molar-refractivity contribution in [2.24, 2.45) is 0 Å². The first kappa shape index (κ1) is 17.8. The first-order valence-electron chi connectivity index (χ1n) is 6.59. The highest BCUT2D eigenvalue weighted by Crippen LogP contribution is 2.10. The lowest BCUT2D eigenvalue weighted by Gasteiger charge is -2.39. The fourth-order valence-corrected chi connectivity index (χ4v) is 2.24. The Bertz CT molecular complexity index is 187. The van der Waals surface area contributed by atoms with Crippen LogP contribution in [0.5, 0.6) is 0 Å². The van der Waals surface area contributed by atoms with E-state index in [1.807, 2.05) is 16.7 Å². The smallest absolute Gasteiger partial charge is 0.0639 e. The highest BCUT2D eigenvalue weighted by Gasteiger charge is 2.23. The van der Waals surface area contributed by atoms with Crippen molar-refractivity contribution in [2.45, 2.75) is 32.5 Å². The van der Waals surface area contributed by atoms with E-state index in [0.717, 1.165) is 6.42 Å². The van der Waals surface area contributed by atoms with Crippen molar-refractivity contribution in [2.75, 3.05) is 46.0 Å². The third kappa shape index (κ3) is 6.63. The monoisotopic (exact) mass is 264 g/mol. The predicted molar refractivity (Wildman–Crippen MR) is 70.2 cm³/mol. The van der Waals surface area contributed by atoms with E-state index in [4.69, 9.17) is 15.3 Å². The number of aliphatic hydroxyl groups is 4. The Morgan fingerprint density at radius 1 is 0.889 bits per heavy atom. The molecular formula is C12H28N2O4. The van der Waals surface area contributed by atoms with Gasteiger partial charge in [0.15, 0.2) is 0 Å². The van der Waals surface area contributed by atoms with Gasteiger partial charge in [-0.15, -0.1) is 0 Å². The van der Waals surface area contributed by atoms with Gasteiger partial charge in [0.05, 0.1) is 32.1 Å². The van der Waals surface area contributed by atoms with Crippen LogP contribution in [-0.4, -0.2) is 88.5 Å². The molecule has 2 unspecified atom stereocenters. The van der Waals surface area contributed by atoms with Crippen molar-refractivity contribution in [1.82, 2.24) is 9.80 Å². The maximum Gasteiger partial charge on any atom is 0.0639 e. The second-order valence-electron chi connectivity index (χ2n) is 4.44. The Kier molecular flexibility index (Phi) is 10.5. The predicted octanol–water partition coefficient (Wildman–Crippen LogP) is -1.32. The van der Waals surface area contributed by atoms with E-state index < -0.39 is 6.10 Å². The molecule has 0 aliphatic rings. The quantitative estimate of drug-likeness (QED) is 0.346. The molecule has 0 aromatic rings. The minimum atomic E-state index is -0.476. The van der Waals surface area contributed by atoms with E-state index in [-0.39, 0.29) is 26.0 Å². The second kappa shape index (κ2) is 10.7. The number of hydrogen-bond acceptors (Lipinski definition) is 6. The van der Waals surface area contributed by atoms with Crippen LogP contribution in [0.2, 0.25) is 0 Å². The zero-order valence-electron chi connectivity index (χ0n) is 11.5. The van der Waals surface area contributed by atoms with Crippen molar-refractivity contribution >= 4 is 0 Å². The molecule has 0 radical (unpaired) electrons. The Morgan fingerprint density at radius 3 is 1.67 bits per heavy atom. The summed E-state index contributed by atoms with van der Waals surface area (Å²) in [6.07, 6.45) is 0.328. The van der Waals surface area contributed by atoms with Crippen LogP contribution < -0.4 is 0 Å². The van der Waals surface area contributed by atoms with Gasteiger partial charge in [0.1, 0.15) is 0 Å². The maximum absolute atomic E-state index is 9.49. The average molecular weight is 264 g/mol. The van der Waals surface area contributed by atoms with E-state index in [9.17, 15) is 5.11 Å². The van der Waals surface area contributed by atoms with E-state index in [1.54, 1.807) is 6.92 Å². The summed E-state index contributed by atoms with van der Waals surface area (Å²) in [6, 6.07) is 0. The van der Waals surface area contributed by atoms with Gasteiger partial charge < -0.3 is 20.4 Å². The summed E-state index contributed by atoms with van der Waals surface area (Å²) in [4.78, 5) is 3.95. The molecule has 0 aliphatic carbocycles. The number of rotatable bonds is 11. The van der Waals surface area contributed by atoms with Crippen LogP contribution in [-0.2, 0) is 0 Å². The van der Waals surface area contributed by atoms with Gasteiger partial charge in [-0.2, -0.15) is 0 Å². The minimum Gasteiger partial charge on any atom is -0.395 e. The van der Waals surface area contributed by atoms with E-state index in [1.165, 1.54) is 0 Å². The topological polar surface area (TPSA) is 87.4 Å². The van der Waals surface area contributed by atoms with Crippen molar-refractivity contribution in [3.8, 4) is 0 Å². The molecule has 0 aliphatic heterocycles. The SMILES string of the molecule is CCC(N(CCO)CCO)N(CCO)CC(C)O. The molecule has 6 heteroatoms. The molecule has 0 bridgehead atoms. The summed E-state index contributed by atoms with van der Waals surface area (Å²) in [5.74, 6) is 0. The normalized spacial score (nSPS) is 15.3. The first-order valence-corrected chi connectivity index (χ1v) is 6.59. The summed E-state index contributed by atoms with van der Waals surface area (Å²) in [6.45, 7) is 5.68. The summed E-state index contributed by atoms with van der Waals surface area (Å²) in [5, 5.41) is 36.7. The highest BCUT2D eigenvalue weighted by molar-refractivity contribution is 4.74. The standard InChI is InChI=1S/C12H28N2O4/c1-3-12(13(4-7-15)5-8-16)14(6-9-17)10-11(2)18/h11-12,15-18H,3-10H2,1-2H3. The van der Waals surface area contributed by atoms with Gasteiger partial charge in [-0.1, -0.05) is 6.92 Å². The van der Waals surface area contributed by atoms with Crippen molar-refractivity contribution < 1.29 is 20.4 Å². The van der Waals surface area contributed by atoms with Crippen LogP contribution in [0.4, 0.5) is 0 Å².